The van der Waals surface area contributed by atoms with Crippen LogP contribution in [0.5, 0.6) is 0 Å². The van der Waals surface area contributed by atoms with Gasteiger partial charge in [0.1, 0.15) is 0 Å². The maximum absolute atomic E-state index is 11.6. The average molecular weight is 229 g/mol. The normalized spacial score (nSPS) is 34.8. The van der Waals surface area contributed by atoms with Crippen molar-refractivity contribution < 1.29 is 15.0 Å². The molecule has 4 unspecified atom stereocenters. The van der Waals surface area contributed by atoms with Gasteiger partial charge in [-0.25, -0.2) is 0 Å². The number of likely N-dealkylation sites (tertiary alicyclic amines) is 1. The molecule has 1 amide bonds. The van der Waals surface area contributed by atoms with Gasteiger partial charge in [-0.3, -0.25) is 4.79 Å². The molecule has 1 aliphatic heterocycles. The van der Waals surface area contributed by atoms with E-state index >= 15 is 0 Å². The van der Waals surface area contributed by atoms with Crippen molar-refractivity contribution >= 4 is 5.91 Å². The molecular weight excluding hydrogens is 206 g/mol. The molecule has 0 bridgehead atoms. The number of carbonyl (C=O) groups is 1. The van der Waals surface area contributed by atoms with Crippen molar-refractivity contribution in [2.24, 2.45) is 11.8 Å². The lowest BCUT2D eigenvalue weighted by Gasteiger charge is -2.30. The summed E-state index contributed by atoms with van der Waals surface area (Å²) < 4.78 is 0. The fourth-order valence-electron chi connectivity index (χ4n) is 2.70. The van der Waals surface area contributed by atoms with Gasteiger partial charge in [0, 0.05) is 12.8 Å². The number of hydrogen-bond acceptors (Lipinski definition) is 3. The summed E-state index contributed by atoms with van der Waals surface area (Å²) in [6.45, 7) is 7.46. The lowest BCUT2D eigenvalue weighted by molar-refractivity contribution is -0.133. The summed E-state index contributed by atoms with van der Waals surface area (Å²) in [5, 5.41) is 19.4. The third-order valence-corrected chi connectivity index (χ3v) is 3.52. The lowest BCUT2D eigenvalue weighted by atomic mass is 9.94. The van der Waals surface area contributed by atoms with Crippen molar-refractivity contribution in [3.63, 3.8) is 0 Å². The van der Waals surface area contributed by atoms with Gasteiger partial charge in [-0.15, -0.1) is 0 Å². The van der Waals surface area contributed by atoms with E-state index < -0.39 is 6.10 Å². The van der Waals surface area contributed by atoms with E-state index in [0.717, 1.165) is 6.42 Å². The lowest BCUT2D eigenvalue weighted by Crippen LogP contribution is -2.44. The molecule has 1 saturated heterocycles. The molecular formula is C12H23NO3. The number of hydrogen-bond donors (Lipinski definition) is 2. The Labute approximate surface area is 97.3 Å². The Balaban J connectivity index is 2.91. The smallest absolute Gasteiger partial charge is 0.220 e. The van der Waals surface area contributed by atoms with Crippen LogP contribution in [0, 0.1) is 11.8 Å². The topological polar surface area (TPSA) is 60.8 Å². The molecule has 4 nitrogen and oxygen atoms in total. The van der Waals surface area contributed by atoms with Gasteiger partial charge < -0.3 is 15.1 Å². The molecule has 0 aliphatic carbocycles. The second kappa shape index (κ2) is 5.15. The molecule has 0 aromatic rings. The Morgan fingerprint density at radius 1 is 1.38 bits per heavy atom. The summed E-state index contributed by atoms with van der Waals surface area (Å²) in [5.41, 5.74) is 0. The number of nitrogens with zero attached hydrogens (tertiary/aromatic N) is 1. The van der Waals surface area contributed by atoms with Crippen LogP contribution in [0.15, 0.2) is 0 Å². The number of rotatable bonds is 3. The van der Waals surface area contributed by atoms with E-state index in [0.29, 0.717) is 5.92 Å². The Morgan fingerprint density at radius 3 is 2.31 bits per heavy atom. The van der Waals surface area contributed by atoms with Crippen LogP contribution in [0.25, 0.3) is 0 Å². The monoisotopic (exact) mass is 229 g/mol. The zero-order valence-electron chi connectivity index (χ0n) is 10.6. The number of aliphatic hydroxyl groups excluding tert-OH is 2. The second-order valence-corrected chi connectivity index (χ2v) is 5.22. The van der Waals surface area contributed by atoms with Crippen LogP contribution in [0.1, 0.15) is 34.1 Å². The van der Waals surface area contributed by atoms with E-state index in [1.807, 2.05) is 6.92 Å². The first-order valence-corrected chi connectivity index (χ1v) is 5.98. The molecule has 1 rings (SSSR count). The van der Waals surface area contributed by atoms with Gasteiger partial charge in [-0.05, 0) is 12.3 Å². The standard InChI is InChI=1S/C12H23NO3/c1-7(2)5-10-12(16)8(3)11(6-14)13(10)9(4)15/h7-8,10-12,14,16H,5-6H2,1-4H3. The molecule has 1 aliphatic rings. The molecule has 0 radical (unpaired) electrons. The van der Waals surface area contributed by atoms with Crippen LogP contribution >= 0.6 is 0 Å². The van der Waals surface area contributed by atoms with Crippen molar-refractivity contribution in [2.45, 2.75) is 52.3 Å². The highest BCUT2D eigenvalue weighted by atomic mass is 16.3. The maximum Gasteiger partial charge on any atom is 0.220 e. The summed E-state index contributed by atoms with van der Waals surface area (Å²) in [7, 11) is 0. The van der Waals surface area contributed by atoms with Gasteiger partial charge in [-0.1, -0.05) is 20.8 Å². The summed E-state index contributed by atoms with van der Waals surface area (Å²) in [5.74, 6) is 0.303. The van der Waals surface area contributed by atoms with E-state index in [4.69, 9.17) is 0 Å². The third kappa shape index (κ3) is 2.38. The maximum atomic E-state index is 11.6. The fraction of sp³-hybridized carbons (Fsp3) is 0.917. The van der Waals surface area contributed by atoms with E-state index in [1.54, 1.807) is 4.90 Å². The van der Waals surface area contributed by atoms with Gasteiger partial charge in [0.25, 0.3) is 0 Å². The first-order chi connectivity index (χ1) is 7.40. The van der Waals surface area contributed by atoms with Gasteiger partial charge in [0.05, 0.1) is 24.8 Å². The van der Waals surface area contributed by atoms with Crippen LogP contribution in [-0.4, -0.2) is 45.8 Å². The van der Waals surface area contributed by atoms with Gasteiger partial charge in [0.2, 0.25) is 5.91 Å². The third-order valence-electron chi connectivity index (χ3n) is 3.52. The molecule has 0 aromatic carbocycles. The summed E-state index contributed by atoms with van der Waals surface area (Å²) >= 11 is 0. The van der Waals surface area contributed by atoms with E-state index in [1.165, 1.54) is 6.92 Å². The van der Waals surface area contributed by atoms with E-state index in [-0.39, 0.29) is 30.5 Å². The highest BCUT2D eigenvalue weighted by Gasteiger charge is 2.46. The Kier molecular flexibility index (Phi) is 4.33. The van der Waals surface area contributed by atoms with Crippen LogP contribution in [0.3, 0.4) is 0 Å². The van der Waals surface area contributed by atoms with Crippen LogP contribution < -0.4 is 0 Å². The predicted molar refractivity (Wildman–Crippen MR) is 61.8 cm³/mol. The highest BCUT2D eigenvalue weighted by molar-refractivity contribution is 5.74. The van der Waals surface area contributed by atoms with Gasteiger partial charge in [-0.2, -0.15) is 0 Å². The molecule has 2 N–H and O–H groups in total. The Morgan fingerprint density at radius 2 is 1.94 bits per heavy atom. The molecule has 16 heavy (non-hydrogen) atoms. The van der Waals surface area contributed by atoms with Crippen molar-refractivity contribution in [3.05, 3.63) is 0 Å². The summed E-state index contributed by atoms with van der Waals surface area (Å²) in [4.78, 5) is 13.3. The molecule has 94 valence electrons. The Bertz CT molecular complexity index is 255. The van der Waals surface area contributed by atoms with Crippen molar-refractivity contribution in [3.8, 4) is 0 Å². The van der Waals surface area contributed by atoms with E-state index in [9.17, 15) is 15.0 Å². The summed E-state index contributed by atoms with van der Waals surface area (Å²) in [6, 6.07) is -0.388. The number of aliphatic hydroxyl groups is 2. The van der Waals surface area contributed by atoms with Crippen molar-refractivity contribution in [2.75, 3.05) is 6.61 Å². The molecule has 4 atom stereocenters. The first kappa shape index (κ1) is 13.5. The van der Waals surface area contributed by atoms with Crippen LogP contribution in [0.4, 0.5) is 0 Å². The molecule has 1 fully saturated rings. The van der Waals surface area contributed by atoms with Crippen molar-refractivity contribution in [1.29, 1.82) is 0 Å². The number of amides is 1. The fourth-order valence-corrected chi connectivity index (χ4v) is 2.70. The molecule has 0 saturated carbocycles. The number of carbonyl (C=O) groups excluding carboxylic acids is 1. The molecule has 1 heterocycles. The largest absolute Gasteiger partial charge is 0.394 e. The Hall–Kier alpha value is -0.610. The minimum atomic E-state index is -0.525. The van der Waals surface area contributed by atoms with Crippen molar-refractivity contribution in [1.82, 2.24) is 4.90 Å². The molecule has 0 spiro atoms. The zero-order chi connectivity index (χ0) is 12.5. The quantitative estimate of drug-likeness (QED) is 0.746. The first-order valence-electron chi connectivity index (χ1n) is 5.98. The van der Waals surface area contributed by atoms with Gasteiger partial charge >= 0.3 is 0 Å². The van der Waals surface area contributed by atoms with Gasteiger partial charge in [0.15, 0.2) is 0 Å². The minimum Gasteiger partial charge on any atom is -0.394 e. The van der Waals surface area contributed by atoms with Crippen LogP contribution in [0.2, 0.25) is 0 Å². The predicted octanol–water partition coefficient (Wildman–Crippen LogP) is 0.621. The average Bonchev–Trinajstić information content (AvgIpc) is 2.41. The molecule has 4 heteroatoms. The zero-order valence-corrected chi connectivity index (χ0v) is 10.6. The summed E-state index contributed by atoms with van der Waals surface area (Å²) in [6.07, 6.45) is 0.255. The molecule has 0 aromatic heterocycles. The highest BCUT2D eigenvalue weighted by Crippen LogP contribution is 2.33. The minimum absolute atomic E-state index is 0.0577. The van der Waals surface area contributed by atoms with Crippen LogP contribution in [-0.2, 0) is 4.79 Å². The van der Waals surface area contributed by atoms with E-state index in [2.05, 4.69) is 13.8 Å². The second-order valence-electron chi connectivity index (χ2n) is 5.22. The SMILES string of the molecule is CC(=O)N1C(CO)C(C)C(O)C1CC(C)C.